The van der Waals surface area contributed by atoms with Gasteiger partial charge in [0, 0.05) is 54.6 Å². The summed E-state index contributed by atoms with van der Waals surface area (Å²) in [7, 11) is 0. The Balaban J connectivity index is 1.72. The molecule has 192 valence electrons. The fourth-order valence-electron chi connectivity index (χ4n) is 5.45. The van der Waals surface area contributed by atoms with Gasteiger partial charge in [-0.1, -0.05) is 51.5 Å². The second-order valence-corrected chi connectivity index (χ2v) is 9.97. The summed E-state index contributed by atoms with van der Waals surface area (Å²) in [6, 6.07) is 17.6. The third-order valence-electron chi connectivity index (χ3n) is 7.74. The van der Waals surface area contributed by atoms with Crippen LogP contribution in [0.2, 0.25) is 0 Å². The van der Waals surface area contributed by atoms with Crippen LogP contribution >= 0.6 is 0 Å². The Labute approximate surface area is 218 Å². The van der Waals surface area contributed by atoms with Gasteiger partial charge >= 0.3 is 0 Å². The van der Waals surface area contributed by atoms with Crippen molar-refractivity contribution in [3.63, 3.8) is 0 Å². The molecule has 2 atom stereocenters. The molecule has 1 saturated carbocycles. The van der Waals surface area contributed by atoms with Crippen LogP contribution in [-0.4, -0.2) is 41.4 Å². The van der Waals surface area contributed by atoms with E-state index in [4.69, 9.17) is 10.1 Å². The van der Waals surface area contributed by atoms with Crippen LogP contribution in [-0.2, 0) is 0 Å². The van der Waals surface area contributed by atoms with Crippen molar-refractivity contribution in [2.75, 3.05) is 36.0 Å². The van der Waals surface area contributed by atoms with E-state index in [1.165, 1.54) is 30.6 Å². The molecule has 0 amide bonds. The minimum absolute atomic E-state index is 0.435. The molecule has 5 heteroatoms. The molecule has 36 heavy (non-hydrogen) atoms. The monoisotopic (exact) mass is 485 g/mol. The molecule has 2 aromatic carbocycles. The first-order valence-electron chi connectivity index (χ1n) is 14.1. The molecule has 1 fully saturated rings. The van der Waals surface area contributed by atoms with Crippen molar-refractivity contribution in [3.8, 4) is 22.5 Å². The summed E-state index contributed by atoms with van der Waals surface area (Å²) >= 11 is 0. The third-order valence-corrected chi connectivity index (χ3v) is 7.74. The highest BCUT2D eigenvalue weighted by Gasteiger charge is 2.33. The topological polar surface area (TPSA) is 45.2 Å². The van der Waals surface area contributed by atoms with Crippen LogP contribution < -0.4 is 9.80 Å². The number of rotatable bonds is 12. The van der Waals surface area contributed by atoms with Gasteiger partial charge in [-0.05, 0) is 69.7 Å². The van der Waals surface area contributed by atoms with Crippen molar-refractivity contribution in [2.24, 2.45) is 5.92 Å². The maximum absolute atomic E-state index is 5.17. The quantitative estimate of drug-likeness (QED) is 0.264. The molecule has 0 bridgehead atoms. The standard InChI is InChI=1S/C31H43N5/c1-6-21-36(22-7-2)27-18-13-25(14-19-27)30-29(24-11-16-26(17-12-24)35(9-4)10-5)32-31(34-33-30)28-20-15-23(28)8-3/h11-14,16-19,23,28H,6-10,15,20-22H2,1-5H3. The van der Waals surface area contributed by atoms with Crippen molar-refractivity contribution in [2.45, 2.75) is 72.6 Å². The minimum Gasteiger partial charge on any atom is -0.372 e. The zero-order chi connectivity index (χ0) is 25.5. The molecule has 0 spiro atoms. The smallest absolute Gasteiger partial charge is 0.155 e. The Hall–Kier alpha value is -2.95. The summed E-state index contributed by atoms with van der Waals surface area (Å²) in [5.74, 6) is 2.02. The summed E-state index contributed by atoms with van der Waals surface area (Å²) in [6.45, 7) is 15.3. The Morgan fingerprint density at radius 3 is 1.69 bits per heavy atom. The van der Waals surface area contributed by atoms with Gasteiger partial charge in [0.2, 0.25) is 0 Å². The van der Waals surface area contributed by atoms with Crippen molar-refractivity contribution in [3.05, 3.63) is 54.4 Å². The van der Waals surface area contributed by atoms with E-state index in [-0.39, 0.29) is 0 Å². The van der Waals surface area contributed by atoms with E-state index >= 15 is 0 Å². The van der Waals surface area contributed by atoms with Gasteiger partial charge in [-0.3, -0.25) is 0 Å². The lowest BCUT2D eigenvalue weighted by molar-refractivity contribution is 0.236. The fourth-order valence-corrected chi connectivity index (χ4v) is 5.45. The van der Waals surface area contributed by atoms with E-state index < -0.39 is 0 Å². The van der Waals surface area contributed by atoms with Crippen LogP contribution in [0.15, 0.2) is 48.5 Å². The summed E-state index contributed by atoms with van der Waals surface area (Å²) in [6.07, 6.45) is 5.91. The van der Waals surface area contributed by atoms with E-state index in [1.807, 2.05) is 0 Å². The van der Waals surface area contributed by atoms with Crippen molar-refractivity contribution < 1.29 is 0 Å². The Morgan fingerprint density at radius 1 is 0.667 bits per heavy atom. The average Bonchev–Trinajstić information content (AvgIpc) is 2.89. The molecule has 2 unspecified atom stereocenters. The number of aromatic nitrogens is 3. The van der Waals surface area contributed by atoms with Crippen LogP contribution in [0.3, 0.4) is 0 Å². The normalized spacial score (nSPS) is 17.0. The number of hydrogen-bond donors (Lipinski definition) is 0. The van der Waals surface area contributed by atoms with Crippen LogP contribution in [0.1, 0.15) is 78.5 Å². The lowest BCUT2D eigenvalue weighted by Crippen LogP contribution is -2.25. The summed E-state index contributed by atoms with van der Waals surface area (Å²) < 4.78 is 0. The highest BCUT2D eigenvalue weighted by molar-refractivity contribution is 5.79. The van der Waals surface area contributed by atoms with E-state index in [9.17, 15) is 0 Å². The van der Waals surface area contributed by atoms with Gasteiger partial charge in [0.15, 0.2) is 5.82 Å². The summed E-state index contributed by atoms with van der Waals surface area (Å²) in [5, 5.41) is 9.47. The summed E-state index contributed by atoms with van der Waals surface area (Å²) in [5.41, 5.74) is 6.50. The largest absolute Gasteiger partial charge is 0.372 e. The molecule has 1 heterocycles. The Bertz CT molecular complexity index is 1080. The molecular formula is C31H43N5. The van der Waals surface area contributed by atoms with Gasteiger partial charge in [-0.25, -0.2) is 4.98 Å². The van der Waals surface area contributed by atoms with Gasteiger partial charge < -0.3 is 9.80 Å². The third kappa shape index (κ3) is 5.55. The lowest BCUT2D eigenvalue weighted by atomic mass is 9.72. The van der Waals surface area contributed by atoms with Crippen LogP contribution in [0.25, 0.3) is 22.5 Å². The van der Waals surface area contributed by atoms with Crippen LogP contribution in [0.5, 0.6) is 0 Å². The molecule has 1 aliphatic rings. The van der Waals surface area contributed by atoms with E-state index in [2.05, 4.69) is 98.0 Å². The fraction of sp³-hybridized carbons (Fsp3) is 0.516. The molecule has 3 aromatic rings. The zero-order valence-corrected chi connectivity index (χ0v) is 22.9. The van der Waals surface area contributed by atoms with Crippen LogP contribution in [0.4, 0.5) is 11.4 Å². The Kier molecular flexibility index (Phi) is 8.95. The summed E-state index contributed by atoms with van der Waals surface area (Å²) in [4.78, 5) is 10.0. The number of nitrogens with zero attached hydrogens (tertiary/aromatic N) is 5. The highest BCUT2D eigenvalue weighted by Crippen LogP contribution is 2.43. The molecule has 1 aromatic heterocycles. The van der Waals surface area contributed by atoms with E-state index in [0.29, 0.717) is 11.8 Å². The van der Waals surface area contributed by atoms with Crippen LogP contribution in [0, 0.1) is 5.92 Å². The predicted molar refractivity (Wildman–Crippen MR) is 153 cm³/mol. The maximum atomic E-state index is 5.17. The van der Waals surface area contributed by atoms with Gasteiger partial charge in [0.25, 0.3) is 0 Å². The minimum atomic E-state index is 0.435. The first-order chi connectivity index (χ1) is 17.6. The van der Waals surface area contributed by atoms with Crippen molar-refractivity contribution >= 4 is 11.4 Å². The molecule has 1 aliphatic carbocycles. The number of hydrogen-bond acceptors (Lipinski definition) is 5. The van der Waals surface area contributed by atoms with E-state index in [1.54, 1.807) is 0 Å². The first-order valence-corrected chi connectivity index (χ1v) is 14.1. The SMILES string of the molecule is CCCN(CCC)c1ccc(-c2nnc(C3CCC3CC)nc2-c2ccc(N(CC)CC)cc2)cc1. The van der Waals surface area contributed by atoms with Crippen molar-refractivity contribution in [1.29, 1.82) is 0 Å². The molecule has 5 nitrogen and oxygen atoms in total. The second-order valence-electron chi connectivity index (χ2n) is 9.97. The van der Waals surface area contributed by atoms with Gasteiger partial charge in [-0.2, -0.15) is 0 Å². The second kappa shape index (κ2) is 12.3. The van der Waals surface area contributed by atoms with E-state index in [0.717, 1.165) is 67.4 Å². The van der Waals surface area contributed by atoms with Gasteiger partial charge in [-0.15, -0.1) is 10.2 Å². The average molecular weight is 486 g/mol. The lowest BCUT2D eigenvalue weighted by Gasteiger charge is -2.34. The Morgan fingerprint density at radius 2 is 1.22 bits per heavy atom. The zero-order valence-electron chi connectivity index (χ0n) is 22.9. The molecule has 0 saturated heterocycles. The number of benzene rings is 2. The molecule has 4 rings (SSSR count). The molecule has 0 N–H and O–H groups in total. The maximum Gasteiger partial charge on any atom is 0.155 e. The predicted octanol–water partition coefficient (Wildman–Crippen LogP) is 7.58. The van der Waals surface area contributed by atoms with Gasteiger partial charge in [0.05, 0.1) is 0 Å². The number of anilines is 2. The van der Waals surface area contributed by atoms with Crippen molar-refractivity contribution in [1.82, 2.24) is 15.2 Å². The molecular weight excluding hydrogens is 442 g/mol. The first kappa shape index (κ1) is 26.1. The van der Waals surface area contributed by atoms with Gasteiger partial charge in [0.1, 0.15) is 11.4 Å². The molecule has 0 aliphatic heterocycles. The molecule has 0 radical (unpaired) electrons. The highest BCUT2D eigenvalue weighted by atomic mass is 15.2.